The van der Waals surface area contributed by atoms with Crippen LogP contribution in [0.3, 0.4) is 0 Å². The molecule has 1 aliphatic heterocycles. The van der Waals surface area contributed by atoms with Crippen molar-refractivity contribution >= 4 is 16.7 Å². The van der Waals surface area contributed by atoms with Gasteiger partial charge in [-0.25, -0.2) is 15.0 Å². The average molecular weight is 401 g/mol. The molecule has 0 bridgehead atoms. The predicted octanol–water partition coefficient (Wildman–Crippen LogP) is 3.60. The average Bonchev–Trinajstić information content (AvgIpc) is 3.26. The fourth-order valence-electron chi connectivity index (χ4n) is 4.14. The van der Waals surface area contributed by atoms with Gasteiger partial charge < -0.3 is 14.2 Å². The highest BCUT2D eigenvalue weighted by Gasteiger charge is 2.40. The molecule has 8 heteroatoms. The van der Waals surface area contributed by atoms with E-state index in [4.69, 9.17) is 4.74 Å². The van der Waals surface area contributed by atoms with Crippen molar-refractivity contribution in [3.8, 4) is 17.1 Å². The number of aromatic nitrogens is 6. The first-order valence-electron chi connectivity index (χ1n) is 10.4. The van der Waals surface area contributed by atoms with Crippen molar-refractivity contribution in [1.29, 1.82) is 0 Å². The summed E-state index contributed by atoms with van der Waals surface area (Å²) in [4.78, 5) is 15.5. The number of hydrogen-bond donors (Lipinski definition) is 1. The van der Waals surface area contributed by atoms with Crippen LogP contribution in [-0.2, 0) is 0 Å². The smallest absolute Gasteiger partial charge is 0.132 e. The lowest BCUT2D eigenvalue weighted by molar-refractivity contribution is 0.200. The molecule has 30 heavy (non-hydrogen) atoms. The van der Waals surface area contributed by atoms with Crippen LogP contribution in [0, 0.1) is 0 Å². The number of fused-ring (bicyclic) bond motifs is 1. The molecule has 1 atom stereocenters. The number of nitrogens with one attached hydrogen (secondary N) is 1. The Balaban J connectivity index is 1.30. The molecule has 4 heterocycles. The summed E-state index contributed by atoms with van der Waals surface area (Å²) in [6.07, 6.45) is 10.6. The number of benzene rings is 1. The maximum absolute atomic E-state index is 6.14. The van der Waals surface area contributed by atoms with Crippen LogP contribution in [0.25, 0.3) is 22.3 Å². The van der Waals surface area contributed by atoms with E-state index in [1.165, 1.54) is 0 Å². The fourth-order valence-corrected chi connectivity index (χ4v) is 4.14. The monoisotopic (exact) mass is 401 g/mol. The van der Waals surface area contributed by atoms with E-state index in [0.29, 0.717) is 6.04 Å². The molecule has 1 aromatic carbocycles. The van der Waals surface area contributed by atoms with Crippen molar-refractivity contribution in [2.45, 2.75) is 37.8 Å². The van der Waals surface area contributed by atoms with Gasteiger partial charge >= 0.3 is 0 Å². The zero-order valence-electron chi connectivity index (χ0n) is 16.8. The van der Waals surface area contributed by atoms with Gasteiger partial charge in [-0.2, -0.15) is 5.10 Å². The number of H-pyrrole nitrogens is 1. The minimum atomic E-state index is -0.0127. The number of anilines is 1. The van der Waals surface area contributed by atoms with Crippen LogP contribution in [0.4, 0.5) is 5.82 Å². The van der Waals surface area contributed by atoms with Gasteiger partial charge in [-0.15, -0.1) is 0 Å². The molecular formula is C22H23N7O. The number of aromatic amines is 1. The molecule has 0 radical (unpaired) electrons. The minimum Gasteiger partial charge on any atom is -0.488 e. The molecule has 3 aromatic heterocycles. The maximum Gasteiger partial charge on any atom is 0.132 e. The van der Waals surface area contributed by atoms with Gasteiger partial charge in [0, 0.05) is 36.9 Å². The molecule has 1 saturated heterocycles. The van der Waals surface area contributed by atoms with Gasteiger partial charge in [0.1, 0.15) is 29.2 Å². The number of imidazole rings is 1. The SMILES string of the molecule is CC1(Oc2ccc3[nH]nc(-c4cc(N5CCC(n6ccnc6)C5)ncn4)c3c2)CC1. The van der Waals surface area contributed by atoms with Gasteiger partial charge in [0.05, 0.1) is 23.6 Å². The first kappa shape index (κ1) is 17.4. The molecule has 2 fully saturated rings. The second-order valence-electron chi connectivity index (χ2n) is 8.49. The highest BCUT2D eigenvalue weighted by atomic mass is 16.5. The molecule has 1 aliphatic carbocycles. The molecule has 152 valence electrons. The maximum atomic E-state index is 6.14. The summed E-state index contributed by atoms with van der Waals surface area (Å²) < 4.78 is 8.32. The second-order valence-corrected chi connectivity index (χ2v) is 8.49. The zero-order chi connectivity index (χ0) is 20.1. The Morgan fingerprint density at radius 2 is 2.13 bits per heavy atom. The minimum absolute atomic E-state index is 0.0127. The molecule has 1 N–H and O–H groups in total. The van der Waals surface area contributed by atoms with Gasteiger partial charge in [-0.3, -0.25) is 5.10 Å². The summed E-state index contributed by atoms with van der Waals surface area (Å²) in [6, 6.07) is 8.53. The van der Waals surface area contributed by atoms with Crippen molar-refractivity contribution in [2.24, 2.45) is 0 Å². The Bertz CT molecular complexity index is 1200. The molecule has 1 unspecified atom stereocenters. The summed E-state index contributed by atoms with van der Waals surface area (Å²) in [5, 5.41) is 8.67. The Labute approximate surface area is 173 Å². The van der Waals surface area contributed by atoms with Crippen molar-refractivity contribution in [2.75, 3.05) is 18.0 Å². The first-order valence-corrected chi connectivity index (χ1v) is 10.4. The highest BCUT2D eigenvalue weighted by Crippen LogP contribution is 2.40. The van der Waals surface area contributed by atoms with Crippen molar-refractivity contribution in [3.05, 3.63) is 49.3 Å². The van der Waals surface area contributed by atoms with E-state index in [9.17, 15) is 0 Å². The fraction of sp³-hybridized carbons (Fsp3) is 0.364. The van der Waals surface area contributed by atoms with Gasteiger partial charge in [0.25, 0.3) is 0 Å². The van der Waals surface area contributed by atoms with E-state index in [2.05, 4.69) is 47.6 Å². The summed E-state index contributed by atoms with van der Waals surface area (Å²) in [6.45, 7) is 4.01. The van der Waals surface area contributed by atoms with Crippen LogP contribution in [0.5, 0.6) is 5.75 Å². The van der Waals surface area contributed by atoms with Crippen LogP contribution < -0.4 is 9.64 Å². The van der Waals surface area contributed by atoms with Crippen molar-refractivity contribution < 1.29 is 4.74 Å². The van der Waals surface area contributed by atoms with Crippen LogP contribution in [0.1, 0.15) is 32.2 Å². The lowest BCUT2D eigenvalue weighted by Gasteiger charge is -2.18. The molecule has 4 aromatic rings. The van der Waals surface area contributed by atoms with E-state index in [1.807, 2.05) is 36.9 Å². The molecular weight excluding hydrogens is 378 g/mol. The summed E-state index contributed by atoms with van der Waals surface area (Å²) in [7, 11) is 0. The van der Waals surface area contributed by atoms with Crippen molar-refractivity contribution in [3.63, 3.8) is 0 Å². The molecule has 1 saturated carbocycles. The van der Waals surface area contributed by atoms with E-state index in [1.54, 1.807) is 6.33 Å². The van der Waals surface area contributed by atoms with Crippen molar-refractivity contribution in [1.82, 2.24) is 29.7 Å². The van der Waals surface area contributed by atoms with E-state index < -0.39 is 0 Å². The summed E-state index contributed by atoms with van der Waals surface area (Å²) >= 11 is 0. The van der Waals surface area contributed by atoms with Gasteiger partial charge in [0.15, 0.2) is 0 Å². The number of ether oxygens (including phenoxy) is 1. The van der Waals surface area contributed by atoms with E-state index in [0.717, 1.165) is 66.2 Å². The molecule has 0 amide bonds. The number of nitrogens with zero attached hydrogens (tertiary/aromatic N) is 6. The third-order valence-corrected chi connectivity index (χ3v) is 6.18. The zero-order valence-corrected chi connectivity index (χ0v) is 16.8. The topological polar surface area (TPSA) is 84.8 Å². The lowest BCUT2D eigenvalue weighted by Crippen LogP contribution is -2.21. The van der Waals surface area contributed by atoms with Crippen LogP contribution in [0.15, 0.2) is 49.3 Å². The molecule has 0 spiro atoms. The van der Waals surface area contributed by atoms with Crippen LogP contribution >= 0.6 is 0 Å². The van der Waals surface area contributed by atoms with Gasteiger partial charge in [-0.1, -0.05) is 0 Å². The third kappa shape index (κ3) is 3.08. The van der Waals surface area contributed by atoms with Gasteiger partial charge in [-0.05, 0) is 44.4 Å². The summed E-state index contributed by atoms with van der Waals surface area (Å²) in [5.74, 6) is 1.80. The molecule has 6 rings (SSSR count). The Morgan fingerprint density at radius 3 is 2.97 bits per heavy atom. The first-order chi connectivity index (χ1) is 14.7. The Kier molecular flexibility index (Phi) is 3.81. The van der Waals surface area contributed by atoms with Crippen LogP contribution in [0.2, 0.25) is 0 Å². The Hall–Kier alpha value is -3.42. The highest BCUT2D eigenvalue weighted by molar-refractivity contribution is 5.93. The second kappa shape index (κ2) is 6.55. The standard InChI is InChI=1S/C22H23N7O/c1-22(5-6-22)30-16-2-3-18-17(10-16)21(27-26-18)19-11-20(25-13-24-19)28-8-4-15(12-28)29-9-7-23-14-29/h2-3,7,9-11,13-15H,4-6,8,12H2,1H3,(H,26,27). The molecule has 2 aliphatic rings. The predicted molar refractivity (Wildman–Crippen MR) is 113 cm³/mol. The lowest BCUT2D eigenvalue weighted by atomic mass is 10.1. The van der Waals surface area contributed by atoms with Gasteiger partial charge in [0.2, 0.25) is 0 Å². The van der Waals surface area contributed by atoms with E-state index >= 15 is 0 Å². The normalized spacial score (nSPS) is 20.0. The third-order valence-electron chi connectivity index (χ3n) is 6.18. The Morgan fingerprint density at radius 1 is 1.20 bits per heavy atom. The summed E-state index contributed by atoms with van der Waals surface area (Å²) in [5.41, 5.74) is 2.60. The number of hydrogen-bond acceptors (Lipinski definition) is 6. The largest absolute Gasteiger partial charge is 0.488 e. The quantitative estimate of drug-likeness (QED) is 0.550. The number of rotatable bonds is 5. The van der Waals surface area contributed by atoms with Crippen LogP contribution in [-0.4, -0.2) is 48.4 Å². The van der Waals surface area contributed by atoms with E-state index in [-0.39, 0.29) is 5.60 Å². The molecule has 8 nitrogen and oxygen atoms in total.